The number of nitrogens with one attached hydrogen (secondary N) is 1. The second-order valence-corrected chi connectivity index (χ2v) is 6.77. The first kappa shape index (κ1) is 19.4. The molecule has 0 bridgehead atoms. The van der Waals surface area contributed by atoms with Crippen LogP contribution in [0.3, 0.4) is 0 Å². The minimum Gasteiger partial charge on any atom is -0.398 e. The minimum atomic E-state index is -1.65. The summed E-state index contributed by atoms with van der Waals surface area (Å²) in [4.78, 5) is 5.06. The zero-order chi connectivity index (χ0) is 19.7. The number of nitrogens with two attached hydrogens (primary N) is 1. The van der Waals surface area contributed by atoms with E-state index < -0.39 is 31.0 Å². The third kappa shape index (κ3) is 3.58. The molecule has 0 aliphatic heterocycles. The molecular weight excluding hydrogens is 350 g/mol. The lowest BCUT2D eigenvalue weighted by Crippen LogP contribution is -2.49. The summed E-state index contributed by atoms with van der Waals surface area (Å²) in [6.07, 6.45) is -6.14. The predicted molar refractivity (Wildman–Crippen MR) is 105 cm³/mol. The van der Waals surface area contributed by atoms with E-state index in [1.165, 1.54) is 0 Å². The molecule has 8 heteroatoms. The van der Waals surface area contributed by atoms with E-state index in [-0.39, 0.29) is 6.54 Å². The summed E-state index contributed by atoms with van der Waals surface area (Å²) in [6, 6.07) is 11.4. The maximum absolute atomic E-state index is 10.3. The Morgan fingerprint density at radius 3 is 2.37 bits per heavy atom. The number of aromatic amines is 1. The Kier molecular flexibility index (Phi) is 5.54. The van der Waals surface area contributed by atoms with Crippen molar-refractivity contribution in [3.8, 4) is 0 Å². The van der Waals surface area contributed by atoms with Gasteiger partial charge in [0.1, 0.15) is 18.3 Å². The molecule has 0 amide bonds. The van der Waals surface area contributed by atoms with Crippen LogP contribution >= 0.6 is 0 Å². The average molecular weight is 375 g/mol. The highest BCUT2D eigenvalue weighted by atomic mass is 16.4. The van der Waals surface area contributed by atoms with E-state index in [9.17, 15) is 20.4 Å². The largest absolute Gasteiger partial charge is 0.398 e. The number of benzene rings is 2. The smallest absolute Gasteiger partial charge is 0.111 e. The molecule has 0 saturated carbocycles. The number of aliphatic hydroxyl groups excluding tert-OH is 5. The summed E-state index contributed by atoms with van der Waals surface area (Å²) in [6.45, 7) is -0.723. The van der Waals surface area contributed by atoms with Crippen LogP contribution in [0.2, 0.25) is 0 Å². The Balaban J connectivity index is 1.90. The van der Waals surface area contributed by atoms with Crippen LogP contribution in [0, 0.1) is 0 Å². The fraction of sp³-hybridized carbons (Fsp3) is 0.368. The van der Waals surface area contributed by atoms with Gasteiger partial charge >= 0.3 is 0 Å². The molecule has 4 atom stereocenters. The van der Waals surface area contributed by atoms with Crippen LogP contribution in [0.5, 0.6) is 0 Å². The molecule has 2 aromatic carbocycles. The van der Waals surface area contributed by atoms with E-state index >= 15 is 0 Å². The number of aliphatic hydroxyl groups is 5. The molecule has 8 nitrogen and oxygen atoms in total. The van der Waals surface area contributed by atoms with Gasteiger partial charge in [-0.05, 0) is 18.2 Å². The maximum atomic E-state index is 10.3. The van der Waals surface area contributed by atoms with Gasteiger partial charge in [0.2, 0.25) is 0 Å². The number of hydrogen-bond donors (Lipinski definition) is 7. The molecule has 3 rings (SSSR count). The fourth-order valence-corrected chi connectivity index (χ4v) is 3.34. The first-order valence-corrected chi connectivity index (χ1v) is 8.68. The van der Waals surface area contributed by atoms with Crippen molar-refractivity contribution < 1.29 is 25.5 Å². The summed E-state index contributed by atoms with van der Waals surface area (Å²) in [5.41, 5.74) is 9.29. The van der Waals surface area contributed by atoms with Gasteiger partial charge in [-0.2, -0.15) is 0 Å². The second kappa shape index (κ2) is 7.71. The topological polar surface area (TPSA) is 146 Å². The number of para-hydroxylation sites is 1. The van der Waals surface area contributed by atoms with Crippen LogP contribution in [0.4, 0.5) is 11.4 Å². The lowest BCUT2D eigenvalue weighted by molar-refractivity contribution is -0.112. The summed E-state index contributed by atoms with van der Waals surface area (Å²) in [5, 5.41) is 50.3. The van der Waals surface area contributed by atoms with Gasteiger partial charge in [-0.3, -0.25) is 0 Å². The van der Waals surface area contributed by atoms with E-state index in [0.717, 1.165) is 27.5 Å². The molecule has 4 unspecified atom stereocenters. The van der Waals surface area contributed by atoms with E-state index in [1.807, 2.05) is 30.3 Å². The summed E-state index contributed by atoms with van der Waals surface area (Å²) in [7, 11) is 1.74. The number of hydrogen-bond acceptors (Lipinski definition) is 7. The number of likely N-dealkylation sites (N-methyl/N-ethyl adjacent to an activating group) is 1. The normalized spacial score (nSPS) is 16.4. The van der Waals surface area contributed by atoms with Crippen molar-refractivity contribution in [1.82, 2.24) is 4.98 Å². The Morgan fingerprint density at radius 1 is 1.00 bits per heavy atom. The quantitative estimate of drug-likeness (QED) is 0.282. The third-order valence-electron chi connectivity index (χ3n) is 4.87. The molecule has 0 aliphatic carbocycles. The van der Waals surface area contributed by atoms with Gasteiger partial charge in [-0.1, -0.05) is 18.2 Å². The van der Waals surface area contributed by atoms with Gasteiger partial charge in [-0.15, -0.1) is 0 Å². The molecule has 146 valence electrons. The van der Waals surface area contributed by atoms with Crippen molar-refractivity contribution in [1.29, 1.82) is 0 Å². The highest BCUT2D eigenvalue weighted by Gasteiger charge is 2.31. The van der Waals surface area contributed by atoms with E-state index in [1.54, 1.807) is 18.0 Å². The van der Waals surface area contributed by atoms with Crippen molar-refractivity contribution in [3.63, 3.8) is 0 Å². The second-order valence-electron chi connectivity index (χ2n) is 6.77. The number of H-pyrrole nitrogens is 1. The Hall–Kier alpha value is -2.36. The molecule has 1 heterocycles. The number of rotatable bonds is 7. The van der Waals surface area contributed by atoms with Crippen LogP contribution in [0.25, 0.3) is 21.8 Å². The van der Waals surface area contributed by atoms with Crippen molar-refractivity contribution in [2.45, 2.75) is 24.4 Å². The lowest BCUT2D eigenvalue weighted by Gasteiger charge is -2.29. The molecule has 0 radical (unpaired) electrons. The molecule has 0 fully saturated rings. The zero-order valence-electron chi connectivity index (χ0n) is 14.9. The standard InChI is InChI=1S/C19H25N3O5/c1-22(8-14(24)18(26)19(27)15(25)9-23)13-7-6-11(20)16-10-4-2-3-5-12(10)21-17(13)16/h2-7,14-15,18-19,21,23-27H,8-9,20H2,1H3. The number of fused-ring (bicyclic) bond motifs is 3. The summed E-state index contributed by atoms with van der Waals surface area (Å²) >= 11 is 0. The van der Waals surface area contributed by atoms with Gasteiger partial charge < -0.3 is 41.2 Å². The van der Waals surface area contributed by atoms with Gasteiger partial charge in [0.15, 0.2) is 0 Å². The van der Waals surface area contributed by atoms with Crippen LogP contribution in [0.15, 0.2) is 36.4 Å². The Morgan fingerprint density at radius 2 is 1.67 bits per heavy atom. The summed E-state index contributed by atoms with van der Waals surface area (Å²) in [5.74, 6) is 0. The van der Waals surface area contributed by atoms with Crippen molar-refractivity contribution in [2.75, 3.05) is 30.8 Å². The fourth-order valence-electron chi connectivity index (χ4n) is 3.34. The molecule has 0 aliphatic rings. The predicted octanol–water partition coefficient (Wildman–Crippen LogP) is -0.225. The first-order valence-electron chi connectivity index (χ1n) is 8.68. The first-order chi connectivity index (χ1) is 12.8. The Labute approximate surface area is 156 Å². The maximum Gasteiger partial charge on any atom is 0.111 e. The van der Waals surface area contributed by atoms with E-state index in [2.05, 4.69) is 4.98 Å². The van der Waals surface area contributed by atoms with Crippen molar-refractivity contribution >= 4 is 33.2 Å². The highest BCUT2D eigenvalue weighted by Crippen LogP contribution is 2.35. The van der Waals surface area contributed by atoms with Gasteiger partial charge in [0.25, 0.3) is 0 Å². The minimum absolute atomic E-state index is 0.00917. The van der Waals surface area contributed by atoms with Gasteiger partial charge in [-0.25, -0.2) is 0 Å². The average Bonchev–Trinajstić information content (AvgIpc) is 3.06. The van der Waals surface area contributed by atoms with Gasteiger partial charge in [0.05, 0.1) is 23.9 Å². The van der Waals surface area contributed by atoms with Crippen LogP contribution in [0.1, 0.15) is 0 Å². The van der Waals surface area contributed by atoms with Crippen LogP contribution in [-0.2, 0) is 0 Å². The van der Waals surface area contributed by atoms with Crippen molar-refractivity contribution in [3.05, 3.63) is 36.4 Å². The monoisotopic (exact) mass is 375 g/mol. The molecule has 0 saturated heterocycles. The van der Waals surface area contributed by atoms with E-state index in [4.69, 9.17) is 10.8 Å². The molecule has 0 spiro atoms. The zero-order valence-corrected chi connectivity index (χ0v) is 14.9. The lowest BCUT2D eigenvalue weighted by atomic mass is 10.0. The van der Waals surface area contributed by atoms with Crippen LogP contribution in [-0.4, -0.2) is 75.1 Å². The molecular formula is C19H25N3O5. The van der Waals surface area contributed by atoms with Crippen molar-refractivity contribution in [2.24, 2.45) is 0 Å². The number of nitrogen functional groups attached to an aromatic ring is 1. The molecule has 27 heavy (non-hydrogen) atoms. The number of nitrogens with zero attached hydrogens (tertiary/aromatic N) is 1. The van der Waals surface area contributed by atoms with Crippen LogP contribution < -0.4 is 10.6 Å². The highest BCUT2D eigenvalue weighted by molar-refractivity contribution is 6.16. The van der Waals surface area contributed by atoms with E-state index in [0.29, 0.717) is 5.69 Å². The van der Waals surface area contributed by atoms with Gasteiger partial charge in [0, 0.05) is 35.6 Å². The number of anilines is 2. The molecule has 1 aromatic heterocycles. The Bertz CT molecular complexity index is 928. The number of aromatic nitrogens is 1. The molecule has 3 aromatic rings. The summed E-state index contributed by atoms with van der Waals surface area (Å²) < 4.78 is 0. The third-order valence-corrected chi connectivity index (χ3v) is 4.87. The SMILES string of the molecule is CN(CC(O)C(O)C(O)C(O)CO)c1ccc(N)c2c1[nH]c1ccccc12. The molecule has 8 N–H and O–H groups in total.